The van der Waals surface area contributed by atoms with Crippen LogP contribution in [0.4, 0.5) is 5.95 Å². The zero-order chi connectivity index (χ0) is 14.0. The van der Waals surface area contributed by atoms with Crippen molar-refractivity contribution in [2.45, 2.75) is 36.1 Å². The zero-order valence-corrected chi connectivity index (χ0v) is 13.5. The summed E-state index contributed by atoms with van der Waals surface area (Å²) >= 11 is 5.00. The van der Waals surface area contributed by atoms with Crippen LogP contribution < -0.4 is 5.73 Å². The number of anilines is 1. The van der Waals surface area contributed by atoms with Gasteiger partial charge in [-0.15, -0.1) is 0 Å². The molecule has 3 nitrogen and oxygen atoms in total. The number of halogens is 1. The van der Waals surface area contributed by atoms with Gasteiger partial charge in [-0.1, -0.05) is 44.7 Å². The Morgan fingerprint density at radius 2 is 1.79 bits per heavy atom. The molecule has 0 aliphatic carbocycles. The molecule has 100 valence electrons. The van der Waals surface area contributed by atoms with Crippen LogP contribution in [0.2, 0.25) is 0 Å². The second kappa shape index (κ2) is 5.51. The lowest BCUT2D eigenvalue weighted by Gasteiger charge is -2.19. The van der Waals surface area contributed by atoms with Crippen LogP contribution in [0.3, 0.4) is 0 Å². The van der Waals surface area contributed by atoms with Crippen molar-refractivity contribution >= 4 is 33.6 Å². The molecule has 1 heterocycles. The lowest BCUT2D eigenvalue weighted by molar-refractivity contribution is 0.590. The maximum Gasteiger partial charge on any atom is 0.221 e. The Kier molecular flexibility index (Phi) is 4.16. The molecule has 0 saturated carbocycles. The van der Waals surface area contributed by atoms with E-state index in [0.717, 1.165) is 14.4 Å². The molecule has 0 aliphatic heterocycles. The lowest BCUT2D eigenvalue weighted by atomic mass is 9.87. The van der Waals surface area contributed by atoms with Crippen LogP contribution in [-0.4, -0.2) is 9.97 Å². The molecule has 0 radical (unpaired) electrons. The van der Waals surface area contributed by atoms with Gasteiger partial charge < -0.3 is 5.73 Å². The molecule has 1 aromatic heterocycles. The number of nitrogen functional groups attached to an aromatic ring is 1. The predicted octanol–water partition coefficient (Wildman–Crippen LogP) is 4.27. The highest BCUT2D eigenvalue weighted by molar-refractivity contribution is 9.10. The zero-order valence-electron chi connectivity index (χ0n) is 11.1. The maximum atomic E-state index is 5.61. The number of aromatic nitrogens is 2. The molecule has 2 N–H and O–H groups in total. The number of nitrogens with zero attached hydrogens (tertiary/aromatic N) is 2. The van der Waals surface area contributed by atoms with E-state index in [1.807, 2.05) is 0 Å². The first kappa shape index (κ1) is 14.3. The largest absolute Gasteiger partial charge is 0.368 e. The Balaban J connectivity index is 2.22. The Morgan fingerprint density at radius 1 is 1.16 bits per heavy atom. The van der Waals surface area contributed by atoms with Gasteiger partial charge in [0.25, 0.3) is 0 Å². The third-order valence-corrected chi connectivity index (χ3v) is 4.52. The van der Waals surface area contributed by atoms with Gasteiger partial charge in [-0.25, -0.2) is 9.97 Å². The standard InChI is InChI=1S/C14H16BrN3S/c1-14(2,3)9-4-6-10(7-5-9)19-12-11(15)8-17-13(16)18-12/h4-8H,1-3H3,(H2,16,17,18). The molecule has 0 unspecified atom stereocenters. The fraction of sp³-hybridized carbons (Fsp3) is 0.286. The van der Waals surface area contributed by atoms with Gasteiger partial charge in [-0.05, 0) is 39.0 Å². The summed E-state index contributed by atoms with van der Waals surface area (Å²) in [7, 11) is 0. The van der Waals surface area contributed by atoms with Crippen molar-refractivity contribution in [1.29, 1.82) is 0 Å². The summed E-state index contributed by atoms with van der Waals surface area (Å²) in [6.07, 6.45) is 1.67. The molecule has 0 spiro atoms. The van der Waals surface area contributed by atoms with Crippen LogP contribution in [0.1, 0.15) is 26.3 Å². The van der Waals surface area contributed by atoms with Crippen LogP contribution in [0, 0.1) is 0 Å². The van der Waals surface area contributed by atoms with Crippen molar-refractivity contribution in [3.63, 3.8) is 0 Å². The highest BCUT2D eigenvalue weighted by Crippen LogP contribution is 2.33. The molecule has 2 aromatic rings. The van der Waals surface area contributed by atoms with Crippen LogP contribution >= 0.6 is 27.7 Å². The number of nitrogens with two attached hydrogens (primary N) is 1. The molecule has 19 heavy (non-hydrogen) atoms. The van der Waals surface area contributed by atoms with Gasteiger partial charge >= 0.3 is 0 Å². The van der Waals surface area contributed by atoms with E-state index in [2.05, 4.69) is 70.9 Å². The molecule has 0 saturated heterocycles. The van der Waals surface area contributed by atoms with Crippen LogP contribution in [0.25, 0.3) is 0 Å². The third-order valence-electron chi connectivity index (χ3n) is 2.67. The smallest absolute Gasteiger partial charge is 0.221 e. The minimum absolute atomic E-state index is 0.170. The summed E-state index contributed by atoms with van der Waals surface area (Å²) in [4.78, 5) is 9.29. The number of hydrogen-bond donors (Lipinski definition) is 1. The first-order valence-corrected chi connectivity index (χ1v) is 7.53. The molecular formula is C14H16BrN3S. The van der Waals surface area contributed by atoms with Gasteiger partial charge in [0.05, 0.1) is 4.47 Å². The van der Waals surface area contributed by atoms with Crippen molar-refractivity contribution in [1.82, 2.24) is 9.97 Å². The van der Waals surface area contributed by atoms with Crippen LogP contribution in [0.5, 0.6) is 0 Å². The number of hydrogen-bond acceptors (Lipinski definition) is 4. The SMILES string of the molecule is CC(C)(C)c1ccc(Sc2nc(N)ncc2Br)cc1. The van der Waals surface area contributed by atoms with Gasteiger partial charge in [0, 0.05) is 11.1 Å². The Morgan fingerprint density at radius 3 is 2.37 bits per heavy atom. The third kappa shape index (κ3) is 3.70. The minimum Gasteiger partial charge on any atom is -0.368 e. The van der Waals surface area contributed by atoms with Crippen molar-refractivity contribution in [3.05, 3.63) is 40.5 Å². The fourth-order valence-electron chi connectivity index (χ4n) is 1.57. The van der Waals surface area contributed by atoms with Gasteiger partial charge in [-0.2, -0.15) is 0 Å². The molecule has 0 fully saturated rings. The molecular weight excluding hydrogens is 322 g/mol. The monoisotopic (exact) mass is 337 g/mol. The van der Waals surface area contributed by atoms with E-state index in [9.17, 15) is 0 Å². The van der Waals surface area contributed by atoms with E-state index < -0.39 is 0 Å². The fourth-order valence-corrected chi connectivity index (χ4v) is 2.79. The van der Waals surface area contributed by atoms with Gasteiger partial charge in [0.15, 0.2) is 0 Å². The summed E-state index contributed by atoms with van der Waals surface area (Å²) in [6.45, 7) is 6.62. The van der Waals surface area contributed by atoms with E-state index in [1.165, 1.54) is 5.56 Å². The molecule has 0 bridgehead atoms. The quantitative estimate of drug-likeness (QED) is 0.831. The summed E-state index contributed by atoms with van der Waals surface area (Å²) in [5.74, 6) is 0.289. The minimum atomic E-state index is 0.170. The summed E-state index contributed by atoms with van der Waals surface area (Å²) in [5.41, 5.74) is 7.09. The summed E-state index contributed by atoms with van der Waals surface area (Å²) < 4.78 is 0.853. The lowest BCUT2D eigenvalue weighted by Crippen LogP contribution is -2.10. The van der Waals surface area contributed by atoms with E-state index >= 15 is 0 Å². The van der Waals surface area contributed by atoms with Crippen LogP contribution in [-0.2, 0) is 5.41 Å². The average Bonchev–Trinajstić information content (AvgIpc) is 2.33. The van der Waals surface area contributed by atoms with Crippen molar-refractivity contribution in [2.24, 2.45) is 0 Å². The number of rotatable bonds is 2. The average molecular weight is 338 g/mol. The van der Waals surface area contributed by atoms with Gasteiger partial charge in [-0.3, -0.25) is 0 Å². The maximum absolute atomic E-state index is 5.61. The second-order valence-corrected chi connectivity index (χ2v) is 7.17. The molecule has 1 aromatic carbocycles. The Labute approximate surface area is 126 Å². The normalized spacial score (nSPS) is 11.6. The van der Waals surface area contributed by atoms with Crippen LogP contribution in [0.15, 0.2) is 44.9 Å². The second-order valence-electron chi connectivity index (χ2n) is 5.26. The van der Waals surface area contributed by atoms with Crippen molar-refractivity contribution in [2.75, 3.05) is 5.73 Å². The highest BCUT2D eigenvalue weighted by atomic mass is 79.9. The topological polar surface area (TPSA) is 51.8 Å². The van der Waals surface area contributed by atoms with Crippen molar-refractivity contribution < 1.29 is 0 Å². The first-order valence-electron chi connectivity index (χ1n) is 5.92. The highest BCUT2D eigenvalue weighted by Gasteiger charge is 2.13. The van der Waals surface area contributed by atoms with Gasteiger partial charge in [0.2, 0.25) is 5.95 Å². The first-order chi connectivity index (χ1) is 8.86. The van der Waals surface area contributed by atoms with E-state index in [4.69, 9.17) is 5.73 Å². The van der Waals surface area contributed by atoms with E-state index in [0.29, 0.717) is 0 Å². The Bertz CT molecular complexity index is 576. The van der Waals surface area contributed by atoms with Crippen molar-refractivity contribution in [3.8, 4) is 0 Å². The molecule has 0 amide bonds. The van der Waals surface area contributed by atoms with E-state index in [1.54, 1.807) is 18.0 Å². The molecule has 2 rings (SSSR count). The summed E-state index contributed by atoms with van der Waals surface area (Å²) in [6, 6.07) is 8.52. The van der Waals surface area contributed by atoms with E-state index in [-0.39, 0.29) is 11.4 Å². The van der Waals surface area contributed by atoms with Gasteiger partial charge in [0.1, 0.15) is 5.03 Å². The Hall–Kier alpha value is -1.07. The number of benzene rings is 1. The molecule has 0 atom stereocenters. The summed E-state index contributed by atoms with van der Waals surface area (Å²) in [5, 5.41) is 0.830. The molecule has 5 heteroatoms. The molecule has 0 aliphatic rings. The predicted molar refractivity (Wildman–Crippen MR) is 83.4 cm³/mol.